The molecule has 0 saturated carbocycles. The number of benzene rings is 2. The average molecular weight is 536 g/mol. The number of rotatable bonds is 10. The molecular formula is C28H26ClN3O6. The largest absolute Gasteiger partial charge is 0.486 e. The Bertz CT molecular complexity index is 1450. The first-order chi connectivity index (χ1) is 18.2. The van der Waals surface area contributed by atoms with E-state index in [0.29, 0.717) is 22.1 Å². The molecule has 1 amide bonds. The smallest absolute Gasteiger partial charge is 0.344 e. The van der Waals surface area contributed by atoms with Crippen molar-refractivity contribution in [2.75, 3.05) is 0 Å². The molecule has 2 aromatic carbocycles. The molecule has 4 aromatic rings. The lowest BCUT2D eigenvalue weighted by atomic mass is 10.2. The molecule has 196 valence electrons. The Morgan fingerprint density at radius 1 is 1.08 bits per heavy atom. The Balaban J connectivity index is 1.33. The Hall–Kier alpha value is -4.50. The predicted octanol–water partition coefficient (Wildman–Crippen LogP) is 5.54. The summed E-state index contributed by atoms with van der Waals surface area (Å²) in [6.07, 6.45) is 0.230. The van der Waals surface area contributed by atoms with Gasteiger partial charge >= 0.3 is 11.9 Å². The second kappa shape index (κ2) is 11.7. The summed E-state index contributed by atoms with van der Waals surface area (Å²) in [5.74, 6) is -0.248. The third-order valence-electron chi connectivity index (χ3n) is 5.63. The van der Waals surface area contributed by atoms with Crippen molar-refractivity contribution in [1.82, 2.24) is 9.99 Å². The van der Waals surface area contributed by atoms with Gasteiger partial charge in [-0.2, -0.15) is 5.10 Å². The fraction of sp³-hybridized carbons (Fsp3) is 0.179. The molecule has 0 radical (unpaired) electrons. The highest BCUT2D eigenvalue weighted by molar-refractivity contribution is 6.30. The number of amides is 1. The quantitative estimate of drug-likeness (QED) is 0.204. The van der Waals surface area contributed by atoms with Gasteiger partial charge in [0, 0.05) is 27.7 Å². The van der Waals surface area contributed by atoms with Crippen molar-refractivity contribution < 1.29 is 28.6 Å². The second-order valence-electron chi connectivity index (χ2n) is 8.48. The summed E-state index contributed by atoms with van der Waals surface area (Å²) in [7, 11) is 0. The van der Waals surface area contributed by atoms with Crippen LogP contribution in [0.25, 0.3) is 5.69 Å². The van der Waals surface area contributed by atoms with Crippen LogP contribution in [0.2, 0.25) is 5.02 Å². The number of aromatic nitrogens is 1. The molecule has 0 saturated heterocycles. The first kappa shape index (κ1) is 26.6. The zero-order valence-electron chi connectivity index (χ0n) is 21.0. The van der Waals surface area contributed by atoms with Gasteiger partial charge in [0.15, 0.2) is 11.9 Å². The van der Waals surface area contributed by atoms with Crippen molar-refractivity contribution in [2.24, 2.45) is 5.10 Å². The van der Waals surface area contributed by atoms with Crippen LogP contribution in [0.3, 0.4) is 0 Å². The predicted molar refractivity (Wildman–Crippen MR) is 143 cm³/mol. The Labute approximate surface area is 224 Å². The molecule has 0 aliphatic rings. The standard InChI is InChI=1S/C28H26ClN3O6/c1-17-4-5-18(2)32(17)22-7-9-23(10-8-22)36-16-24-11-13-26(38-24)27(33)31-30-15-20-14-21(29)6-12-25(20)37-19(3)28(34)35/h4-15,19H,16H2,1-3H3,(H,31,33)(H,34,35)/b30-15+/t19-/m0/s1. The van der Waals surface area contributed by atoms with Crippen LogP contribution < -0.4 is 14.9 Å². The van der Waals surface area contributed by atoms with Crippen LogP contribution in [0.15, 0.2) is 76.2 Å². The summed E-state index contributed by atoms with van der Waals surface area (Å²) in [5.41, 5.74) is 6.10. The van der Waals surface area contributed by atoms with E-state index in [1.165, 1.54) is 31.3 Å². The highest BCUT2D eigenvalue weighted by atomic mass is 35.5. The Kier molecular flexibility index (Phi) is 8.18. The molecule has 0 aliphatic carbocycles. The third kappa shape index (κ3) is 6.43. The summed E-state index contributed by atoms with van der Waals surface area (Å²) < 4.78 is 18.9. The van der Waals surface area contributed by atoms with Crippen LogP contribution in [0.4, 0.5) is 0 Å². The summed E-state index contributed by atoms with van der Waals surface area (Å²) in [4.78, 5) is 23.5. The number of carboxylic acids is 1. The lowest BCUT2D eigenvalue weighted by molar-refractivity contribution is -0.144. The van der Waals surface area contributed by atoms with Crippen LogP contribution in [0.5, 0.6) is 11.5 Å². The van der Waals surface area contributed by atoms with Gasteiger partial charge in [-0.25, -0.2) is 10.2 Å². The highest BCUT2D eigenvalue weighted by Crippen LogP contribution is 2.23. The van der Waals surface area contributed by atoms with Gasteiger partial charge in [-0.15, -0.1) is 0 Å². The molecular weight excluding hydrogens is 510 g/mol. The molecule has 0 bridgehead atoms. The van der Waals surface area contributed by atoms with E-state index >= 15 is 0 Å². The maximum atomic E-state index is 12.4. The van der Waals surface area contributed by atoms with Gasteiger partial charge in [0.2, 0.25) is 0 Å². The first-order valence-corrected chi connectivity index (χ1v) is 12.1. The topological polar surface area (TPSA) is 115 Å². The number of carboxylic acid groups (broad SMARTS) is 1. The van der Waals surface area contributed by atoms with E-state index in [4.69, 9.17) is 30.6 Å². The third-order valence-corrected chi connectivity index (χ3v) is 5.86. The first-order valence-electron chi connectivity index (χ1n) is 11.7. The number of aryl methyl sites for hydroxylation is 2. The monoisotopic (exact) mass is 535 g/mol. The van der Waals surface area contributed by atoms with Gasteiger partial charge in [0.05, 0.1) is 6.21 Å². The molecule has 0 aliphatic heterocycles. The number of halogens is 1. The van der Waals surface area contributed by atoms with E-state index in [2.05, 4.69) is 41.1 Å². The molecule has 1 atom stereocenters. The number of aliphatic carboxylic acids is 1. The molecule has 2 N–H and O–H groups in total. The van der Waals surface area contributed by atoms with E-state index in [-0.39, 0.29) is 18.1 Å². The second-order valence-corrected chi connectivity index (χ2v) is 8.92. The lowest BCUT2D eigenvalue weighted by Crippen LogP contribution is -2.23. The highest BCUT2D eigenvalue weighted by Gasteiger charge is 2.15. The number of ether oxygens (including phenoxy) is 2. The van der Waals surface area contributed by atoms with Gasteiger partial charge in [-0.1, -0.05) is 11.6 Å². The molecule has 2 aromatic heterocycles. The minimum atomic E-state index is -1.12. The molecule has 10 heteroatoms. The van der Waals surface area contributed by atoms with Gasteiger partial charge in [0.1, 0.15) is 23.9 Å². The maximum absolute atomic E-state index is 12.4. The molecule has 0 fully saturated rings. The average Bonchev–Trinajstić information content (AvgIpc) is 3.50. The number of carbonyl (C=O) groups is 2. The molecule has 9 nitrogen and oxygen atoms in total. The van der Waals surface area contributed by atoms with E-state index in [9.17, 15) is 9.59 Å². The zero-order chi connectivity index (χ0) is 27.2. The number of carbonyl (C=O) groups excluding carboxylic acids is 1. The van der Waals surface area contributed by atoms with Gasteiger partial charge in [-0.05, 0) is 87.5 Å². The zero-order valence-corrected chi connectivity index (χ0v) is 21.7. The molecule has 2 heterocycles. The van der Waals surface area contributed by atoms with Gasteiger partial charge in [0.25, 0.3) is 0 Å². The minimum Gasteiger partial charge on any atom is -0.486 e. The molecule has 4 rings (SSSR count). The molecule has 0 unspecified atom stereocenters. The summed E-state index contributed by atoms with van der Waals surface area (Å²) in [5, 5.41) is 13.4. The Morgan fingerprint density at radius 2 is 1.79 bits per heavy atom. The van der Waals surface area contributed by atoms with Crippen molar-refractivity contribution >= 4 is 29.7 Å². The molecule has 0 spiro atoms. The summed E-state index contributed by atoms with van der Waals surface area (Å²) >= 11 is 6.02. The van der Waals surface area contributed by atoms with Gasteiger partial charge < -0.3 is 23.6 Å². The normalized spacial score (nSPS) is 11.9. The van der Waals surface area contributed by atoms with Crippen LogP contribution in [0, 0.1) is 13.8 Å². The van der Waals surface area contributed by atoms with Crippen molar-refractivity contribution in [3.05, 3.63) is 100 Å². The maximum Gasteiger partial charge on any atom is 0.344 e. The van der Waals surface area contributed by atoms with Crippen molar-refractivity contribution in [1.29, 1.82) is 0 Å². The Morgan fingerprint density at radius 3 is 2.47 bits per heavy atom. The fourth-order valence-electron chi connectivity index (χ4n) is 3.68. The van der Waals surface area contributed by atoms with E-state index < -0.39 is 18.0 Å². The van der Waals surface area contributed by atoms with Crippen LogP contribution >= 0.6 is 11.6 Å². The SMILES string of the molecule is Cc1ccc(C)n1-c1ccc(OCc2ccc(C(=O)N/N=C/c3cc(Cl)ccc3O[C@@H](C)C(=O)O)o2)cc1. The number of furan rings is 1. The summed E-state index contributed by atoms with van der Waals surface area (Å²) in [6, 6.07) is 19.7. The lowest BCUT2D eigenvalue weighted by Gasteiger charge is -2.12. The summed E-state index contributed by atoms with van der Waals surface area (Å²) in [6.45, 7) is 5.65. The van der Waals surface area contributed by atoms with Crippen LogP contribution in [-0.2, 0) is 11.4 Å². The van der Waals surface area contributed by atoms with E-state index in [1.807, 2.05) is 24.3 Å². The molecule has 38 heavy (non-hydrogen) atoms. The fourth-order valence-corrected chi connectivity index (χ4v) is 3.86. The number of hydrogen-bond donors (Lipinski definition) is 2. The minimum absolute atomic E-state index is 0.0525. The van der Waals surface area contributed by atoms with Crippen LogP contribution in [-0.4, -0.2) is 33.9 Å². The number of nitrogens with zero attached hydrogens (tertiary/aromatic N) is 2. The van der Waals surface area contributed by atoms with Crippen LogP contribution in [0.1, 0.15) is 40.2 Å². The van der Waals surface area contributed by atoms with E-state index in [0.717, 1.165) is 17.1 Å². The van der Waals surface area contributed by atoms with Crippen molar-refractivity contribution in [3.63, 3.8) is 0 Å². The van der Waals surface area contributed by atoms with Crippen molar-refractivity contribution in [3.8, 4) is 17.2 Å². The number of hydrazone groups is 1. The van der Waals surface area contributed by atoms with E-state index in [1.54, 1.807) is 12.1 Å². The number of hydrogen-bond acceptors (Lipinski definition) is 6. The van der Waals surface area contributed by atoms with Crippen molar-refractivity contribution in [2.45, 2.75) is 33.5 Å². The van der Waals surface area contributed by atoms with Gasteiger partial charge in [-0.3, -0.25) is 4.79 Å². The number of nitrogens with one attached hydrogen (secondary N) is 1.